The standard InChI is InChI=1S/C20H21BrN2O5S/c1-14-12-16(21)6-9-18(14)22-19(24)13-28-20(25)15-4-7-17(8-5-15)29(26,27)23-10-2-3-11-23/h4-9,12H,2-3,10-11,13H2,1H3,(H,22,24). The largest absolute Gasteiger partial charge is 0.452 e. The third kappa shape index (κ3) is 5.23. The van der Waals surface area contributed by atoms with E-state index in [1.54, 1.807) is 12.1 Å². The normalized spacial score (nSPS) is 14.6. The fourth-order valence-corrected chi connectivity index (χ4v) is 5.00. The summed E-state index contributed by atoms with van der Waals surface area (Å²) < 4.78 is 32.4. The summed E-state index contributed by atoms with van der Waals surface area (Å²) in [5.74, 6) is -1.16. The molecule has 2 aromatic carbocycles. The van der Waals surface area contributed by atoms with E-state index in [2.05, 4.69) is 21.2 Å². The molecule has 154 valence electrons. The summed E-state index contributed by atoms with van der Waals surface area (Å²) in [6, 6.07) is 11.0. The third-order valence-corrected chi connectivity index (χ3v) is 7.00. The van der Waals surface area contributed by atoms with E-state index >= 15 is 0 Å². The molecule has 0 aliphatic carbocycles. The van der Waals surface area contributed by atoms with Crippen LogP contribution >= 0.6 is 15.9 Å². The molecule has 1 aliphatic rings. The average Bonchev–Trinajstić information content (AvgIpc) is 3.24. The van der Waals surface area contributed by atoms with Crippen LogP contribution in [0, 0.1) is 6.92 Å². The van der Waals surface area contributed by atoms with E-state index in [1.165, 1.54) is 28.6 Å². The van der Waals surface area contributed by atoms with Crippen LogP contribution in [0.25, 0.3) is 0 Å². The molecule has 3 rings (SSSR count). The molecule has 29 heavy (non-hydrogen) atoms. The monoisotopic (exact) mass is 480 g/mol. The summed E-state index contributed by atoms with van der Waals surface area (Å²) >= 11 is 3.35. The van der Waals surface area contributed by atoms with Gasteiger partial charge in [0.25, 0.3) is 5.91 Å². The fraction of sp³-hybridized carbons (Fsp3) is 0.300. The number of hydrogen-bond donors (Lipinski definition) is 1. The van der Waals surface area contributed by atoms with Gasteiger partial charge in [0.2, 0.25) is 10.0 Å². The number of benzene rings is 2. The van der Waals surface area contributed by atoms with Gasteiger partial charge < -0.3 is 10.1 Å². The topological polar surface area (TPSA) is 92.8 Å². The molecule has 1 aliphatic heterocycles. The molecule has 0 saturated carbocycles. The van der Waals surface area contributed by atoms with Crippen LogP contribution in [0.5, 0.6) is 0 Å². The maximum atomic E-state index is 12.5. The minimum atomic E-state index is -3.53. The number of nitrogens with zero attached hydrogens (tertiary/aromatic N) is 1. The van der Waals surface area contributed by atoms with Gasteiger partial charge in [-0.15, -0.1) is 0 Å². The van der Waals surface area contributed by atoms with E-state index in [4.69, 9.17) is 4.74 Å². The second kappa shape index (κ2) is 9.06. The molecule has 7 nitrogen and oxygen atoms in total. The number of nitrogens with one attached hydrogen (secondary N) is 1. The number of hydrogen-bond acceptors (Lipinski definition) is 5. The molecule has 0 spiro atoms. The van der Waals surface area contributed by atoms with Crippen LogP contribution in [0.4, 0.5) is 5.69 Å². The predicted molar refractivity (Wildman–Crippen MR) is 112 cm³/mol. The second-order valence-electron chi connectivity index (χ2n) is 6.72. The molecule has 1 fully saturated rings. The number of carbonyl (C=O) groups is 2. The van der Waals surface area contributed by atoms with E-state index in [9.17, 15) is 18.0 Å². The maximum absolute atomic E-state index is 12.5. The Bertz CT molecular complexity index is 1020. The lowest BCUT2D eigenvalue weighted by molar-refractivity contribution is -0.119. The fourth-order valence-electron chi connectivity index (χ4n) is 3.01. The maximum Gasteiger partial charge on any atom is 0.338 e. The second-order valence-corrected chi connectivity index (χ2v) is 9.57. The van der Waals surface area contributed by atoms with Crippen molar-refractivity contribution in [3.8, 4) is 0 Å². The first-order chi connectivity index (χ1) is 13.8. The summed E-state index contributed by atoms with van der Waals surface area (Å²) in [4.78, 5) is 24.3. The van der Waals surface area contributed by atoms with Gasteiger partial charge in [0, 0.05) is 23.2 Å². The molecule has 1 heterocycles. The zero-order chi connectivity index (χ0) is 21.0. The molecule has 0 radical (unpaired) electrons. The summed E-state index contributed by atoms with van der Waals surface area (Å²) in [5.41, 5.74) is 1.68. The number of aryl methyl sites for hydroxylation is 1. The van der Waals surface area contributed by atoms with E-state index < -0.39 is 28.5 Å². The molecule has 0 bridgehead atoms. The highest BCUT2D eigenvalue weighted by Gasteiger charge is 2.27. The Hall–Kier alpha value is -2.23. The Morgan fingerprint density at radius 3 is 2.38 bits per heavy atom. The van der Waals surface area contributed by atoms with Crippen molar-refractivity contribution in [2.75, 3.05) is 25.0 Å². The first-order valence-electron chi connectivity index (χ1n) is 9.11. The molecule has 1 amide bonds. The Kier molecular flexibility index (Phi) is 6.71. The molecule has 1 saturated heterocycles. The zero-order valence-corrected chi connectivity index (χ0v) is 18.3. The van der Waals surface area contributed by atoms with Crippen molar-refractivity contribution in [1.29, 1.82) is 0 Å². The highest BCUT2D eigenvalue weighted by Crippen LogP contribution is 2.22. The first-order valence-corrected chi connectivity index (χ1v) is 11.3. The number of esters is 1. The lowest BCUT2D eigenvalue weighted by Gasteiger charge is -2.15. The summed E-state index contributed by atoms with van der Waals surface area (Å²) in [6.45, 7) is 2.43. The number of ether oxygens (including phenoxy) is 1. The Morgan fingerprint density at radius 1 is 1.10 bits per heavy atom. The van der Waals surface area contributed by atoms with E-state index in [1.807, 2.05) is 13.0 Å². The van der Waals surface area contributed by atoms with Crippen LogP contribution in [-0.4, -0.2) is 44.3 Å². The van der Waals surface area contributed by atoms with Crippen LogP contribution in [0.1, 0.15) is 28.8 Å². The molecule has 1 N–H and O–H groups in total. The smallest absolute Gasteiger partial charge is 0.338 e. The Labute approximate surface area is 178 Å². The van der Waals surface area contributed by atoms with Crippen LogP contribution in [0.15, 0.2) is 51.8 Å². The molecular formula is C20H21BrN2O5S. The van der Waals surface area contributed by atoms with Crippen molar-refractivity contribution in [2.45, 2.75) is 24.7 Å². The third-order valence-electron chi connectivity index (χ3n) is 4.59. The lowest BCUT2D eigenvalue weighted by Crippen LogP contribution is -2.27. The van der Waals surface area contributed by atoms with E-state index in [-0.39, 0.29) is 10.5 Å². The van der Waals surface area contributed by atoms with Gasteiger partial charge in [0.15, 0.2) is 6.61 Å². The van der Waals surface area contributed by atoms with Crippen molar-refractivity contribution in [3.05, 3.63) is 58.1 Å². The van der Waals surface area contributed by atoms with Gasteiger partial charge in [0.05, 0.1) is 10.5 Å². The molecular weight excluding hydrogens is 460 g/mol. The van der Waals surface area contributed by atoms with Crippen molar-refractivity contribution < 1.29 is 22.7 Å². The highest BCUT2D eigenvalue weighted by atomic mass is 79.9. The Morgan fingerprint density at radius 2 is 1.76 bits per heavy atom. The van der Waals surface area contributed by atoms with E-state index in [0.29, 0.717) is 18.8 Å². The Balaban J connectivity index is 1.57. The number of carbonyl (C=O) groups excluding carboxylic acids is 2. The molecule has 0 unspecified atom stereocenters. The van der Waals surface area contributed by atoms with Gasteiger partial charge in [0.1, 0.15) is 0 Å². The first kappa shape index (κ1) is 21.5. The van der Waals surface area contributed by atoms with Gasteiger partial charge in [-0.3, -0.25) is 4.79 Å². The van der Waals surface area contributed by atoms with Gasteiger partial charge in [-0.25, -0.2) is 13.2 Å². The number of halogens is 1. The van der Waals surface area contributed by atoms with Gasteiger partial charge >= 0.3 is 5.97 Å². The molecule has 0 aromatic heterocycles. The highest BCUT2D eigenvalue weighted by molar-refractivity contribution is 9.10. The zero-order valence-electron chi connectivity index (χ0n) is 15.9. The van der Waals surface area contributed by atoms with Crippen molar-refractivity contribution in [3.63, 3.8) is 0 Å². The minimum Gasteiger partial charge on any atom is -0.452 e. The van der Waals surface area contributed by atoms with Gasteiger partial charge in [-0.05, 0) is 67.8 Å². The van der Waals surface area contributed by atoms with Gasteiger partial charge in [-0.1, -0.05) is 15.9 Å². The average molecular weight is 481 g/mol. The van der Waals surface area contributed by atoms with Crippen molar-refractivity contribution >= 4 is 43.5 Å². The number of amides is 1. The minimum absolute atomic E-state index is 0.138. The molecule has 2 aromatic rings. The lowest BCUT2D eigenvalue weighted by atomic mass is 10.2. The van der Waals surface area contributed by atoms with Crippen molar-refractivity contribution in [1.82, 2.24) is 4.31 Å². The summed E-state index contributed by atoms with van der Waals surface area (Å²) in [7, 11) is -3.53. The predicted octanol–water partition coefficient (Wildman–Crippen LogP) is 3.34. The number of rotatable bonds is 6. The quantitative estimate of drug-likeness (QED) is 0.639. The summed E-state index contributed by atoms with van der Waals surface area (Å²) in [6.07, 6.45) is 1.71. The molecule has 9 heteroatoms. The SMILES string of the molecule is Cc1cc(Br)ccc1NC(=O)COC(=O)c1ccc(S(=O)(=O)N2CCCC2)cc1. The van der Waals surface area contributed by atoms with Crippen LogP contribution < -0.4 is 5.32 Å². The number of anilines is 1. The molecule has 0 atom stereocenters. The van der Waals surface area contributed by atoms with Crippen molar-refractivity contribution in [2.24, 2.45) is 0 Å². The number of sulfonamides is 1. The van der Waals surface area contributed by atoms with Gasteiger partial charge in [-0.2, -0.15) is 4.31 Å². The van der Waals surface area contributed by atoms with Crippen LogP contribution in [-0.2, 0) is 19.6 Å². The van der Waals surface area contributed by atoms with Crippen LogP contribution in [0.2, 0.25) is 0 Å². The summed E-state index contributed by atoms with van der Waals surface area (Å²) in [5, 5.41) is 2.68. The van der Waals surface area contributed by atoms with E-state index in [0.717, 1.165) is 22.9 Å². The van der Waals surface area contributed by atoms with Crippen LogP contribution in [0.3, 0.4) is 0 Å².